The average Bonchev–Trinajstić information content (AvgIpc) is 2.21. The molecule has 4 N–H and O–H groups in total. The van der Waals surface area contributed by atoms with Gasteiger partial charge in [-0.05, 0) is 37.6 Å². The Morgan fingerprint density at radius 2 is 1.94 bits per heavy atom. The van der Waals surface area contributed by atoms with Crippen LogP contribution in [0.15, 0.2) is 18.2 Å². The number of benzene rings is 1. The van der Waals surface area contributed by atoms with E-state index in [4.69, 9.17) is 5.73 Å². The van der Waals surface area contributed by atoms with Gasteiger partial charge < -0.3 is 16.2 Å². The highest BCUT2D eigenvalue weighted by Gasteiger charge is 2.53. The molecular weight excluding hydrogens is 249 g/mol. The fourth-order valence-electron chi connectivity index (χ4n) is 1.12. The van der Waals surface area contributed by atoms with E-state index in [0.717, 1.165) is 0 Å². The topological polar surface area (TPSA) is 75.4 Å². The minimum Gasteiger partial charge on any atom is -0.508 e. The molecule has 7 heteroatoms. The van der Waals surface area contributed by atoms with Gasteiger partial charge in [-0.1, -0.05) is 0 Å². The molecule has 1 amide bonds. The molecule has 0 radical (unpaired) electrons. The van der Waals surface area contributed by atoms with Crippen molar-refractivity contribution in [3.8, 4) is 5.75 Å². The Morgan fingerprint density at radius 3 is 2.39 bits per heavy atom. The summed E-state index contributed by atoms with van der Waals surface area (Å²) < 4.78 is 37.5. The molecule has 1 aromatic rings. The number of nitrogens with one attached hydrogen (secondary N) is 1. The van der Waals surface area contributed by atoms with Crippen LogP contribution in [-0.4, -0.2) is 22.7 Å². The van der Waals surface area contributed by atoms with Crippen molar-refractivity contribution in [2.75, 3.05) is 5.32 Å². The molecule has 0 saturated carbocycles. The van der Waals surface area contributed by atoms with Gasteiger partial charge in [0.2, 0.25) is 0 Å². The van der Waals surface area contributed by atoms with Gasteiger partial charge in [-0.2, -0.15) is 13.2 Å². The monoisotopic (exact) mass is 262 g/mol. The fraction of sp³-hybridized carbons (Fsp3) is 0.364. The molecule has 1 atom stereocenters. The number of amides is 1. The van der Waals surface area contributed by atoms with Crippen LogP contribution < -0.4 is 11.1 Å². The molecule has 1 aromatic carbocycles. The van der Waals surface area contributed by atoms with Gasteiger partial charge in [-0.15, -0.1) is 0 Å². The summed E-state index contributed by atoms with van der Waals surface area (Å²) >= 11 is 0. The van der Waals surface area contributed by atoms with E-state index in [0.29, 0.717) is 12.5 Å². The molecule has 0 aliphatic carbocycles. The summed E-state index contributed by atoms with van der Waals surface area (Å²) in [6, 6.07) is 3.90. The van der Waals surface area contributed by atoms with Crippen molar-refractivity contribution in [3.63, 3.8) is 0 Å². The Bertz CT molecular complexity index is 470. The van der Waals surface area contributed by atoms with Crippen molar-refractivity contribution in [1.29, 1.82) is 0 Å². The van der Waals surface area contributed by atoms with E-state index in [1.807, 2.05) is 0 Å². The van der Waals surface area contributed by atoms with E-state index in [1.165, 1.54) is 18.2 Å². The number of nitrogens with two attached hydrogens (primary N) is 1. The molecule has 0 aromatic heterocycles. The third-order valence-electron chi connectivity index (χ3n) is 2.52. The Labute approximate surface area is 102 Å². The Hall–Kier alpha value is -1.76. The van der Waals surface area contributed by atoms with E-state index in [9.17, 15) is 23.1 Å². The van der Waals surface area contributed by atoms with Crippen LogP contribution in [-0.2, 0) is 4.79 Å². The number of alkyl halides is 3. The molecule has 100 valence electrons. The predicted octanol–water partition coefficient (Wildman–Crippen LogP) is 1.92. The van der Waals surface area contributed by atoms with Crippen molar-refractivity contribution in [3.05, 3.63) is 23.8 Å². The van der Waals surface area contributed by atoms with Gasteiger partial charge in [0, 0.05) is 5.69 Å². The smallest absolute Gasteiger partial charge is 0.415 e. The van der Waals surface area contributed by atoms with Crippen LogP contribution in [0.2, 0.25) is 0 Å². The first kappa shape index (κ1) is 14.3. The molecule has 18 heavy (non-hydrogen) atoms. The average molecular weight is 262 g/mol. The standard InChI is InChI=1S/C11H13F3N2O2/c1-6-5-7(3-4-8(6)17)16-9(18)10(2,15)11(12,13)14/h3-5,17H,15H2,1-2H3,(H,16,18). The number of halogens is 3. The van der Waals surface area contributed by atoms with Crippen LogP contribution in [0.1, 0.15) is 12.5 Å². The fourth-order valence-corrected chi connectivity index (χ4v) is 1.12. The van der Waals surface area contributed by atoms with E-state index in [2.05, 4.69) is 5.32 Å². The molecule has 0 heterocycles. The number of aryl methyl sites for hydroxylation is 1. The summed E-state index contributed by atoms with van der Waals surface area (Å²) in [5, 5.41) is 11.3. The zero-order chi connectivity index (χ0) is 14.1. The number of phenols is 1. The molecular formula is C11H13F3N2O2. The number of carbonyl (C=O) groups is 1. The summed E-state index contributed by atoms with van der Waals surface area (Å²) in [4.78, 5) is 11.5. The van der Waals surface area contributed by atoms with Crippen LogP contribution in [0.4, 0.5) is 18.9 Å². The Morgan fingerprint density at radius 1 is 1.39 bits per heavy atom. The number of aromatic hydroxyl groups is 1. The molecule has 1 unspecified atom stereocenters. The zero-order valence-electron chi connectivity index (χ0n) is 9.80. The maximum atomic E-state index is 12.5. The number of hydrogen-bond donors (Lipinski definition) is 3. The maximum Gasteiger partial charge on any atom is 0.415 e. The Kier molecular flexibility index (Phi) is 3.57. The summed E-state index contributed by atoms with van der Waals surface area (Å²) in [6.07, 6.45) is -4.84. The zero-order valence-corrected chi connectivity index (χ0v) is 9.80. The van der Waals surface area contributed by atoms with Gasteiger partial charge in [0.15, 0.2) is 5.54 Å². The molecule has 0 bridgehead atoms. The lowest BCUT2D eigenvalue weighted by molar-refractivity contribution is -0.184. The van der Waals surface area contributed by atoms with Crippen molar-refractivity contribution < 1.29 is 23.1 Å². The van der Waals surface area contributed by atoms with Gasteiger partial charge in [-0.3, -0.25) is 4.79 Å². The van der Waals surface area contributed by atoms with Gasteiger partial charge >= 0.3 is 6.18 Å². The number of hydrogen-bond acceptors (Lipinski definition) is 3. The number of rotatable bonds is 2. The van der Waals surface area contributed by atoms with E-state index in [-0.39, 0.29) is 11.4 Å². The van der Waals surface area contributed by atoms with Gasteiger partial charge in [-0.25, -0.2) is 0 Å². The lowest BCUT2D eigenvalue weighted by Gasteiger charge is -2.26. The third-order valence-corrected chi connectivity index (χ3v) is 2.52. The Balaban J connectivity index is 2.91. The second-order valence-corrected chi connectivity index (χ2v) is 4.16. The largest absolute Gasteiger partial charge is 0.508 e. The first-order chi connectivity index (χ1) is 8.05. The summed E-state index contributed by atoms with van der Waals surface area (Å²) in [7, 11) is 0. The van der Waals surface area contributed by atoms with Crippen LogP contribution in [0.5, 0.6) is 5.75 Å². The van der Waals surface area contributed by atoms with Crippen molar-refractivity contribution >= 4 is 11.6 Å². The van der Waals surface area contributed by atoms with Crippen LogP contribution in [0, 0.1) is 6.92 Å². The minimum atomic E-state index is -4.84. The highest BCUT2D eigenvalue weighted by molar-refractivity contribution is 5.98. The van der Waals surface area contributed by atoms with Crippen LogP contribution >= 0.6 is 0 Å². The third kappa shape index (κ3) is 2.73. The van der Waals surface area contributed by atoms with Gasteiger partial charge in [0.25, 0.3) is 5.91 Å². The van der Waals surface area contributed by atoms with Crippen molar-refractivity contribution in [2.24, 2.45) is 5.73 Å². The van der Waals surface area contributed by atoms with Crippen LogP contribution in [0.3, 0.4) is 0 Å². The van der Waals surface area contributed by atoms with E-state index in [1.54, 1.807) is 6.92 Å². The van der Waals surface area contributed by atoms with Crippen molar-refractivity contribution in [2.45, 2.75) is 25.6 Å². The molecule has 1 rings (SSSR count). The van der Waals surface area contributed by atoms with Crippen molar-refractivity contribution in [1.82, 2.24) is 0 Å². The summed E-state index contributed by atoms with van der Waals surface area (Å²) in [6.45, 7) is 2.14. The highest BCUT2D eigenvalue weighted by Crippen LogP contribution is 2.29. The van der Waals surface area contributed by atoms with Crippen LogP contribution in [0.25, 0.3) is 0 Å². The normalized spacial score (nSPS) is 15.0. The molecule has 0 aliphatic rings. The predicted molar refractivity (Wildman–Crippen MR) is 60.1 cm³/mol. The second-order valence-electron chi connectivity index (χ2n) is 4.16. The quantitative estimate of drug-likeness (QED) is 0.713. The lowest BCUT2D eigenvalue weighted by Crippen LogP contribution is -2.59. The second kappa shape index (κ2) is 4.49. The SMILES string of the molecule is Cc1cc(NC(=O)C(C)(N)C(F)(F)F)ccc1O. The first-order valence-electron chi connectivity index (χ1n) is 5.02. The molecule has 4 nitrogen and oxygen atoms in total. The molecule has 0 saturated heterocycles. The number of carbonyl (C=O) groups excluding carboxylic acids is 1. The molecule has 0 spiro atoms. The maximum absolute atomic E-state index is 12.5. The summed E-state index contributed by atoms with van der Waals surface area (Å²) in [5.74, 6) is -1.38. The molecule has 0 aliphatic heterocycles. The van der Waals surface area contributed by atoms with Gasteiger partial charge in [0.1, 0.15) is 5.75 Å². The van der Waals surface area contributed by atoms with E-state index < -0.39 is 17.6 Å². The van der Waals surface area contributed by atoms with Gasteiger partial charge in [0.05, 0.1) is 0 Å². The first-order valence-corrected chi connectivity index (χ1v) is 5.02. The molecule has 0 fully saturated rings. The highest BCUT2D eigenvalue weighted by atomic mass is 19.4. The van der Waals surface area contributed by atoms with E-state index >= 15 is 0 Å². The number of anilines is 1. The minimum absolute atomic E-state index is 0.0145. The summed E-state index contributed by atoms with van der Waals surface area (Å²) in [5.41, 5.74) is 2.56. The lowest BCUT2D eigenvalue weighted by atomic mass is 10.0. The number of phenolic OH excluding ortho intramolecular Hbond substituents is 1.